The molecule has 172 valence electrons. The number of hydrogen-bond donors (Lipinski definition) is 1. The molecule has 2 fully saturated rings. The zero-order chi connectivity index (χ0) is 22.7. The lowest BCUT2D eigenvalue weighted by Gasteiger charge is -2.30. The van der Waals surface area contributed by atoms with Gasteiger partial charge < -0.3 is 10.2 Å². The van der Waals surface area contributed by atoms with Crippen LogP contribution in [0.3, 0.4) is 0 Å². The molecule has 1 amide bonds. The Hall–Kier alpha value is -2.16. The summed E-state index contributed by atoms with van der Waals surface area (Å²) in [5.74, 6) is -0.465. The van der Waals surface area contributed by atoms with E-state index >= 15 is 0 Å². The minimum atomic E-state index is -3.76. The van der Waals surface area contributed by atoms with Crippen molar-refractivity contribution in [2.75, 3.05) is 37.6 Å². The van der Waals surface area contributed by atoms with Gasteiger partial charge in [0.25, 0.3) is 0 Å². The number of nitrogens with one attached hydrogen (secondary N) is 1. The molecule has 1 unspecified atom stereocenters. The Morgan fingerprint density at radius 3 is 2.47 bits per heavy atom. The minimum absolute atomic E-state index is 0.00923. The Morgan fingerprint density at radius 2 is 1.78 bits per heavy atom. The number of carbonyl (C=O) groups is 1. The van der Waals surface area contributed by atoms with Gasteiger partial charge in [-0.25, -0.2) is 12.8 Å². The lowest BCUT2D eigenvalue weighted by molar-refractivity contribution is -0.126. The number of halogens is 2. The molecule has 2 aliphatic rings. The van der Waals surface area contributed by atoms with E-state index in [0.717, 1.165) is 31.6 Å². The Kier molecular flexibility index (Phi) is 7.02. The second-order valence-corrected chi connectivity index (χ2v) is 10.8. The van der Waals surface area contributed by atoms with Crippen LogP contribution in [0.4, 0.5) is 10.1 Å². The Morgan fingerprint density at radius 1 is 1.06 bits per heavy atom. The molecule has 0 aromatic heterocycles. The highest BCUT2D eigenvalue weighted by Gasteiger charge is 2.33. The van der Waals surface area contributed by atoms with Crippen LogP contribution >= 0.6 is 11.6 Å². The van der Waals surface area contributed by atoms with Gasteiger partial charge in [0.05, 0.1) is 9.92 Å². The zero-order valence-corrected chi connectivity index (χ0v) is 19.3. The Labute approximate surface area is 193 Å². The molecule has 2 saturated heterocycles. The van der Waals surface area contributed by atoms with E-state index in [0.29, 0.717) is 25.3 Å². The first kappa shape index (κ1) is 23.0. The molecular weight excluding hydrogens is 453 g/mol. The van der Waals surface area contributed by atoms with Gasteiger partial charge in [0.15, 0.2) is 0 Å². The summed E-state index contributed by atoms with van der Waals surface area (Å²) in [6.45, 7) is 3.03. The maximum atomic E-state index is 13.4. The van der Waals surface area contributed by atoms with Crippen molar-refractivity contribution in [3.05, 3.63) is 59.4 Å². The van der Waals surface area contributed by atoms with Crippen molar-refractivity contribution >= 4 is 33.2 Å². The standard InChI is InChI=1S/C23H27ClFN3O3S/c24-21-14-20(6-7-22(21)25)32(30,31)28-12-9-18(10-13-28)23(29)26-15-17-8-11-27(16-17)19-4-2-1-3-5-19/h1-7,14,17-18H,8-13,15-16H2,(H,26,29). The van der Waals surface area contributed by atoms with Gasteiger partial charge in [-0.05, 0) is 55.5 Å². The fraction of sp³-hybridized carbons (Fsp3) is 0.435. The van der Waals surface area contributed by atoms with Gasteiger partial charge in [0.1, 0.15) is 5.82 Å². The number of hydrogen-bond acceptors (Lipinski definition) is 4. The molecule has 2 heterocycles. The van der Waals surface area contributed by atoms with Crippen LogP contribution < -0.4 is 10.2 Å². The third-order valence-corrected chi connectivity index (χ3v) is 8.51. The molecule has 0 saturated carbocycles. The van der Waals surface area contributed by atoms with Crippen LogP contribution in [0.5, 0.6) is 0 Å². The van der Waals surface area contributed by atoms with Gasteiger partial charge in [-0.1, -0.05) is 29.8 Å². The average molecular weight is 480 g/mol. The quantitative estimate of drug-likeness (QED) is 0.688. The van der Waals surface area contributed by atoms with Gasteiger partial charge in [0.2, 0.25) is 15.9 Å². The van der Waals surface area contributed by atoms with E-state index in [-0.39, 0.29) is 34.8 Å². The van der Waals surface area contributed by atoms with Crippen LogP contribution in [0, 0.1) is 17.7 Å². The summed E-state index contributed by atoms with van der Waals surface area (Å²) in [5, 5.41) is 2.85. The fourth-order valence-electron chi connectivity index (χ4n) is 4.41. The summed E-state index contributed by atoms with van der Waals surface area (Å²) in [4.78, 5) is 15.0. The van der Waals surface area contributed by atoms with E-state index in [1.807, 2.05) is 18.2 Å². The van der Waals surface area contributed by atoms with Crippen LogP contribution in [-0.4, -0.2) is 51.4 Å². The molecule has 4 rings (SSSR count). The normalized spacial score (nSPS) is 20.4. The predicted molar refractivity (Wildman–Crippen MR) is 123 cm³/mol. The maximum absolute atomic E-state index is 13.4. The smallest absolute Gasteiger partial charge is 0.243 e. The minimum Gasteiger partial charge on any atom is -0.371 e. The van der Waals surface area contributed by atoms with E-state index in [2.05, 4.69) is 22.3 Å². The monoisotopic (exact) mass is 479 g/mol. The Bertz CT molecular complexity index is 1060. The number of benzene rings is 2. The fourth-order valence-corrected chi connectivity index (χ4v) is 6.15. The maximum Gasteiger partial charge on any atom is 0.243 e. The van der Waals surface area contributed by atoms with Gasteiger partial charge in [-0.3, -0.25) is 4.79 Å². The molecule has 1 atom stereocenters. The zero-order valence-electron chi connectivity index (χ0n) is 17.7. The van der Waals surface area contributed by atoms with Crippen LogP contribution in [0.2, 0.25) is 5.02 Å². The summed E-state index contributed by atoms with van der Waals surface area (Å²) in [6.07, 6.45) is 1.95. The topological polar surface area (TPSA) is 69.7 Å². The van der Waals surface area contributed by atoms with Crippen molar-refractivity contribution in [2.45, 2.75) is 24.2 Å². The number of para-hydroxylation sites is 1. The number of anilines is 1. The molecule has 9 heteroatoms. The van der Waals surface area contributed by atoms with Gasteiger partial charge >= 0.3 is 0 Å². The van der Waals surface area contributed by atoms with Crippen molar-refractivity contribution in [3.63, 3.8) is 0 Å². The molecule has 6 nitrogen and oxygen atoms in total. The highest BCUT2D eigenvalue weighted by atomic mass is 35.5. The van der Waals surface area contributed by atoms with Gasteiger partial charge in [0, 0.05) is 44.3 Å². The molecule has 2 aliphatic heterocycles. The third kappa shape index (κ3) is 5.08. The first-order valence-electron chi connectivity index (χ1n) is 10.9. The molecular formula is C23H27ClFN3O3S. The number of amides is 1. The number of rotatable bonds is 6. The predicted octanol–water partition coefficient (Wildman–Crippen LogP) is 3.52. The Balaban J connectivity index is 1.25. The molecule has 0 spiro atoms. The van der Waals surface area contributed by atoms with Crippen molar-refractivity contribution in [3.8, 4) is 0 Å². The first-order valence-corrected chi connectivity index (χ1v) is 12.7. The van der Waals surface area contributed by atoms with Gasteiger partial charge in [-0.2, -0.15) is 4.31 Å². The molecule has 1 N–H and O–H groups in total. The van der Waals surface area contributed by atoms with E-state index < -0.39 is 15.8 Å². The SMILES string of the molecule is O=C(NCC1CCN(c2ccccc2)C1)C1CCN(S(=O)(=O)c2ccc(F)c(Cl)c2)CC1. The molecule has 0 bridgehead atoms. The number of carbonyl (C=O) groups excluding carboxylic acids is 1. The summed E-state index contributed by atoms with van der Waals surface area (Å²) < 4.78 is 40.3. The van der Waals surface area contributed by atoms with Gasteiger partial charge in [-0.15, -0.1) is 0 Å². The van der Waals surface area contributed by atoms with E-state index in [4.69, 9.17) is 11.6 Å². The summed E-state index contributed by atoms with van der Waals surface area (Å²) in [5.41, 5.74) is 1.21. The lowest BCUT2D eigenvalue weighted by Crippen LogP contribution is -2.43. The van der Waals surface area contributed by atoms with E-state index in [1.165, 1.54) is 16.1 Å². The first-order chi connectivity index (χ1) is 15.3. The number of piperidine rings is 1. The van der Waals surface area contributed by atoms with Crippen molar-refractivity contribution in [2.24, 2.45) is 11.8 Å². The molecule has 0 radical (unpaired) electrons. The third-order valence-electron chi connectivity index (χ3n) is 6.33. The molecule has 32 heavy (non-hydrogen) atoms. The highest BCUT2D eigenvalue weighted by molar-refractivity contribution is 7.89. The van der Waals surface area contributed by atoms with Crippen LogP contribution in [0.1, 0.15) is 19.3 Å². The summed E-state index contributed by atoms with van der Waals surface area (Å²) in [6, 6.07) is 13.7. The van der Waals surface area contributed by atoms with Crippen LogP contribution in [0.25, 0.3) is 0 Å². The second-order valence-electron chi connectivity index (χ2n) is 8.44. The molecule has 2 aromatic rings. The van der Waals surface area contributed by atoms with Crippen LogP contribution in [-0.2, 0) is 14.8 Å². The summed E-state index contributed by atoms with van der Waals surface area (Å²) in [7, 11) is -3.76. The number of sulfonamides is 1. The van der Waals surface area contributed by atoms with Crippen molar-refractivity contribution < 1.29 is 17.6 Å². The van der Waals surface area contributed by atoms with E-state index in [1.54, 1.807) is 0 Å². The lowest BCUT2D eigenvalue weighted by atomic mass is 9.97. The molecule has 0 aliphatic carbocycles. The van der Waals surface area contributed by atoms with Crippen molar-refractivity contribution in [1.29, 1.82) is 0 Å². The largest absolute Gasteiger partial charge is 0.371 e. The van der Waals surface area contributed by atoms with Crippen molar-refractivity contribution in [1.82, 2.24) is 9.62 Å². The van der Waals surface area contributed by atoms with Crippen LogP contribution in [0.15, 0.2) is 53.4 Å². The number of nitrogens with zero attached hydrogens (tertiary/aromatic N) is 2. The van der Waals surface area contributed by atoms with E-state index in [9.17, 15) is 17.6 Å². The highest BCUT2D eigenvalue weighted by Crippen LogP contribution is 2.27. The average Bonchev–Trinajstić information content (AvgIpc) is 3.29. The second kappa shape index (κ2) is 9.77. The summed E-state index contributed by atoms with van der Waals surface area (Å²) >= 11 is 5.74. The molecule has 2 aromatic carbocycles.